The van der Waals surface area contributed by atoms with E-state index >= 15 is 0 Å². The standard InChI is InChI=1S/C9H15ClO/c1-2-7-11-9-6-4-3-5-8(9)10/h2,8-9H,1,3-7H2/t8-,9?/m1/s1. The first-order valence-electron chi connectivity index (χ1n) is 4.21. The minimum absolute atomic E-state index is 0.226. The molecule has 0 aliphatic heterocycles. The highest BCUT2D eigenvalue weighted by atomic mass is 35.5. The smallest absolute Gasteiger partial charge is 0.0742 e. The van der Waals surface area contributed by atoms with Crippen molar-refractivity contribution in [1.82, 2.24) is 0 Å². The third kappa shape index (κ3) is 2.84. The molecule has 2 atom stereocenters. The van der Waals surface area contributed by atoms with Crippen molar-refractivity contribution in [3.8, 4) is 0 Å². The number of ether oxygens (including phenoxy) is 1. The minimum atomic E-state index is 0.226. The van der Waals surface area contributed by atoms with E-state index in [9.17, 15) is 0 Å². The van der Waals surface area contributed by atoms with Gasteiger partial charge in [0.2, 0.25) is 0 Å². The van der Waals surface area contributed by atoms with E-state index < -0.39 is 0 Å². The van der Waals surface area contributed by atoms with Gasteiger partial charge in [0.05, 0.1) is 18.1 Å². The van der Waals surface area contributed by atoms with Gasteiger partial charge in [0.25, 0.3) is 0 Å². The van der Waals surface area contributed by atoms with Crippen molar-refractivity contribution in [2.45, 2.75) is 37.2 Å². The van der Waals surface area contributed by atoms with Gasteiger partial charge in [-0.05, 0) is 12.8 Å². The second kappa shape index (κ2) is 4.78. The number of alkyl halides is 1. The Balaban J connectivity index is 2.23. The van der Waals surface area contributed by atoms with Gasteiger partial charge >= 0.3 is 0 Å². The fraction of sp³-hybridized carbons (Fsp3) is 0.778. The molecular formula is C9H15ClO. The molecule has 0 amide bonds. The van der Waals surface area contributed by atoms with Crippen LogP contribution in [0.15, 0.2) is 12.7 Å². The first-order valence-corrected chi connectivity index (χ1v) is 4.65. The van der Waals surface area contributed by atoms with Crippen molar-refractivity contribution in [1.29, 1.82) is 0 Å². The summed E-state index contributed by atoms with van der Waals surface area (Å²) >= 11 is 6.06. The van der Waals surface area contributed by atoms with Crippen LogP contribution < -0.4 is 0 Å². The van der Waals surface area contributed by atoms with Crippen LogP contribution >= 0.6 is 11.6 Å². The zero-order valence-electron chi connectivity index (χ0n) is 6.76. The average Bonchev–Trinajstić information content (AvgIpc) is 2.03. The fourth-order valence-corrected chi connectivity index (χ4v) is 1.78. The second-order valence-electron chi connectivity index (χ2n) is 2.96. The van der Waals surface area contributed by atoms with Gasteiger partial charge in [-0.15, -0.1) is 18.2 Å². The molecule has 1 saturated carbocycles. The molecule has 1 fully saturated rings. The lowest BCUT2D eigenvalue weighted by atomic mass is 9.97. The highest BCUT2D eigenvalue weighted by Crippen LogP contribution is 2.25. The van der Waals surface area contributed by atoms with Gasteiger partial charge in [0.15, 0.2) is 0 Å². The highest BCUT2D eigenvalue weighted by Gasteiger charge is 2.22. The van der Waals surface area contributed by atoms with Gasteiger partial charge in [0, 0.05) is 0 Å². The third-order valence-electron chi connectivity index (χ3n) is 2.05. The summed E-state index contributed by atoms with van der Waals surface area (Å²) in [5.41, 5.74) is 0. The van der Waals surface area contributed by atoms with E-state index in [0.29, 0.717) is 6.61 Å². The van der Waals surface area contributed by atoms with Crippen LogP contribution in [0.4, 0.5) is 0 Å². The molecule has 0 aromatic rings. The molecular weight excluding hydrogens is 160 g/mol. The number of halogens is 1. The maximum Gasteiger partial charge on any atom is 0.0742 e. The number of rotatable bonds is 3. The largest absolute Gasteiger partial charge is 0.373 e. The third-order valence-corrected chi connectivity index (χ3v) is 2.55. The van der Waals surface area contributed by atoms with Crippen molar-refractivity contribution in [3.63, 3.8) is 0 Å². The van der Waals surface area contributed by atoms with E-state index in [1.54, 1.807) is 6.08 Å². The van der Waals surface area contributed by atoms with Crippen LogP contribution in [0.2, 0.25) is 0 Å². The lowest BCUT2D eigenvalue weighted by Gasteiger charge is -2.26. The summed E-state index contributed by atoms with van der Waals surface area (Å²) in [5, 5.41) is 0.226. The van der Waals surface area contributed by atoms with Crippen LogP contribution in [0.5, 0.6) is 0 Å². The predicted octanol–water partition coefficient (Wildman–Crippen LogP) is 2.74. The van der Waals surface area contributed by atoms with Gasteiger partial charge in [-0.1, -0.05) is 18.9 Å². The quantitative estimate of drug-likeness (QED) is 0.472. The SMILES string of the molecule is C=CCOC1CCCC[C@H]1Cl. The molecule has 1 nitrogen and oxygen atoms in total. The van der Waals surface area contributed by atoms with Crippen molar-refractivity contribution in [3.05, 3.63) is 12.7 Å². The highest BCUT2D eigenvalue weighted by molar-refractivity contribution is 6.21. The molecule has 0 aromatic carbocycles. The Kier molecular flexibility index (Phi) is 3.95. The Labute approximate surface area is 73.4 Å². The summed E-state index contributed by atoms with van der Waals surface area (Å²) in [6.07, 6.45) is 6.76. The molecule has 1 aliphatic carbocycles. The van der Waals surface area contributed by atoms with E-state index in [2.05, 4.69) is 6.58 Å². The average molecular weight is 175 g/mol. The molecule has 0 N–H and O–H groups in total. The van der Waals surface area contributed by atoms with E-state index in [1.165, 1.54) is 12.8 Å². The molecule has 0 spiro atoms. The Morgan fingerprint density at radius 3 is 2.82 bits per heavy atom. The summed E-state index contributed by atoms with van der Waals surface area (Å²) in [7, 11) is 0. The van der Waals surface area contributed by atoms with Gasteiger partial charge in [-0.25, -0.2) is 0 Å². The molecule has 0 radical (unpaired) electrons. The maximum atomic E-state index is 6.06. The summed E-state index contributed by atoms with van der Waals surface area (Å²) in [6.45, 7) is 4.23. The maximum absolute atomic E-state index is 6.06. The van der Waals surface area contributed by atoms with Crippen LogP contribution in [-0.2, 0) is 4.74 Å². The summed E-state index contributed by atoms with van der Waals surface area (Å²) in [4.78, 5) is 0. The van der Waals surface area contributed by atoms with E-state index in [1.807, 2.05) is 0 Å². The van der Waals surface area contributed by atoms with Gasteiger partial charge in [-0.2, -0.15) is 0 Å². The molecule has 0 saturated heterocycles. The molecule has 1 aliphatic rings. The molecule has 0 heterocycles. The van der Waals surface area contributed by atoms with Crippen molar-refractivity contribution >= 4 is 11.6 Å². The molecule has 2 heteroatoms. The normalized spacial score (nSPS) is 31.7. The molecule has 0 bridgehead atoms. The first kappa shape index (κ1) is 9.08. The Morgan fingerprint density at radius 2 is 2.18 bits per heavy atom. The summed E-state index contributed by atoms with van der Waals surface area (Å²) in [6, 6.07) is 0. The molecule has 0 aromatic heterocycles. The van der Waals surface area contributed by atoms with E-state index in [0.717, 1.165) is 12.8 Å². The topological polar surface area (TPSA) is 9.23 Å². The van der Waals surface area contributed by atoms with Crippen LogP contribution in [0.1, 0.15) is 25.7 Å². The van der Waals surface area contributed by atoms with E-state index in [-0.39, 0.29) is 11.5 Å². The van der Waals surface area contributed by atoms with Crippen LogP contribution in [-0.4, -0.2) is 18.1 Å². The summed E-state index contributed by atoms with van der Waals surface area (Å²) in [5.74, 6) is 0. The number of hydrogen-bond donors (Lipinski definition) is 0. The predicted molar refractivity (Wildman–Crippen MR) is 48.0 cm³/mol. The van der Waals surface area contributed by atoms with Gasteiger partial charge in [-0.3, -0.25) is 0 Å². The van der Waals surface area contributed by atoms with Crippen LogP contribution in [0.25, 0.3) is 0 Å². The minimum Gasteiger partial charge on any atom is -0.373 e. The fourth-order valence-electron chi connectivity index (χ4n) is 1.43. The lowest BCUT2D eigenvalue weighted by Crippen LogP contribution is -2.28. The van der Waals surface area contributed by atoms with Crippen molar-refractivity contribution in [2.24, 2.45) is 0 Å². The van der Waals surface area contributed by atoms with Crippen molar-refractivity contribution in [2.75, 3.05) is 6.61 Å². The molecule has 64 valence electrons. The van der Waals surface area contributed by atoms with Crippen molar-refractivity contribution < 1.29 is 4.74 Å². The van der Waals surface area contributed by atoms with Gasteiger partial charge in [0.1, 0.15) is 0 Å². The van der Waals surface area contributed by atoms with Crippen LogP contribution in [0, 0.1) is 0 Å². The zero-order valence-corrected chi connectivity index (χ0v) is 7.52. The molecule has 1 unspecified atom stereocenters. The molecule has 1 rings (SSSR count). The number of hydrogen-bond acceptors (Lipinski definition) is 1. The summed E-state index contributed by atoms with van der Waals surface area (Å²) < 4.78 is 5.49. The monoisotopic (exact) mass is 174 g/mol. The zero-order chi connectivity index (χ0) is 8.10. The second-order valence-corrected chi connectivity index (χ2v) is 3.52. The Hall–Kier alpha value is -0.0100. The molecule has 11 heavy (non-hydrogen) atoms. The van der Waals surface area contributed by atoms with Gasteiger partial charge < -0.3 is 4.74 Å². The van der Waals surface area contributed by atoms with Crippen LogP contribution in [0.3, 0.4) is 0 Å². The van der Waals surface area contributed by atoms with E-state index in [4.69, 9.17) is 16.3 Å². The first-order chi connectivity index (χ1) is 5.34. The lowest BCUT2D eigenvalue weighted by molar-refractivity contribution is 0.0499. The Morgan fingerprint density at radius 1 is 1.45 bits per heavy atom. The Bertz CT molecular complexity index is 125.